The number of hydrogen-bond acceptors (Lipinski definition) is 2. The number of carbonyl (C=O) groups is 1. The van der Waals surface area contributed by atoms with Crippen LogP contribution in [-0.2, 0) is 9.53 Å². The van der Waals surface area contributed by atoms with Gasteiger partial charge in [-0.25, -0.2) is 0 Å². The normalized spacial score (nSPS) is 32.3. The van der Waals surface area contributed by atoms with Gasteiger partial charge in [-0.3, -0.25) is 4.79 Å². The standard InChI is InChI=1S/C11H14O2/c1-11-7-3-4-9(13-2)8(11)5-6-10(11)12/h3,7H,4-6H2,1-2H3. The Hall–Kier alpha value is -1.05. The van der Waals surface area contributed by atoms with Crippen LogP contribution < -0.4 is 0 Å². The van der Waals surface area contributed by atoms with Gasteiger partial charge in [-0.15, -0.1) is 0 Å². The summed E-state index contributed by atoms with van der Waals surface area (Å²) in [6.07, 6.45) is 6.45. The highest BCUT2D eigenvalue weighted by molar-refractivity contribution is 5.93. The molecule has 2 heteroatoms. The molecule has 0 aromatic rings. The zero-order chi connectivity index (χ0) is 9.47. The van der Waals surface area contributed by atoms with Crippen molar-refractivity contribution in [1.82, 2.24) is 0 Å². The Morgan fingerprint density at radius 3 is 2.92 bits per heavy atom. The molecule has 0 radical (unpaired) electrons. The van der Waals surface area contributed by atoms with Crippen molar-refractivity contribution >= 4 is 5.78 Å². The molecule has 0 aliphatic heterocycles. The number of ether oxygens (including phenoxy) is 1. The Labute approximate surface area is 78.3 Å². The number of Topliss-reactive ketones (excluding diaryl/α,β-unsaturated/α-hetero) is 1. The van der Waals surface area contributed by atoms with Crippen molar-refractivity contribution in [2.75, 3.05) is 7.11 Å². The quantitative estimate of drug-likeness (QED) is 0.575. The monoisotopic (exact) mass is 178 g/mol. The first-order valence-electron chi connectivity index (χ1n) is 4.66. The highest BCUT2D eigenvalue weighted by Crippen LogP contribution is 2.45. The number of ketones is 1. The van der Waals surface area contributed by atoms with Crippen molar-refractivity contribution in [2.45, 2.75) is 26.2 Å². The first-order chi connectivity index (χ1) is 6.18. The summed E-state index contributed by atoms with van der Waals surface area (Å²) in [5.74, 6) is 1.32. The zero-order valence-electron chi connectivity index (χ0n) is 8.09. The van der Waals surface area contributed by atoms with Gasteiger partial charge in [0.25, 0.3) is 0 Å². The van der Waals surface area contributed by atoms with E-state index in [1.165, 1.54) is 5.57 Å². The van der Waals surface area contributed by atoms with Crippen LogP contribution in [0.5, 0.6) is 0 Å². The summed E-state index contributed by atoms with van der Waals surface area (Å²) in [5, 5.41) is 0. The molecule has 1 saturated carbocycles. The molecule has 0 N–H and O–H groups in total. The van der Waals surface area contributed by atoms with Crippen molar-refractivity contribution in [3.63, 3.8) is 0 Å². The van der Waals surface area contributed by atoms with Crippen LogP contribution in [0.1, 0.15) is 26.2 Å². The van der Waals surface area contributed by atoms with Crippen LogP contribution in [0.2, 0.25) is 0 Å². The van der Waals surface area contributed by atoms with Crippen LogP contribution >= 0.6 is 0 Å². The number of carbonyl (C=O) groups excluding carboxylic acids is 1. The average molecular weight is 178 g/mol. The Balaban J connectivity index is 2.48. The molecule has 0 bridgehead atoms. The first kappa shape index (κ1) is 8.54. The average Bonchev–Trinajstić information content (AvgIpc) is 2.43. The molecule has 2 nitrogen and oxygen atoms in total. The van der Waals surface area contributed by atoms with Gasteiger partial charge in [0.05, 0.1) is 18.3 Å². The Morgan fingerprint density at radius 2 is 2.23 bits per heavy atom. The topological polar surface area (TPSA) is 26.3 Å². The second-order valence-corrected chi connectivity index (χ2v) is 3.84. The lowest BCUT2D eigenvalue weighted by Crippen LogP contribution is -2.23. The van der Waals surface area contributed by atoms with E-state index in [0.717, 1.165) is 18.6 Å². The number of hydrogen-bond donors (Lipinski definition) is 0. The third-order valence-electron chi connectivity index (χ3n) is 3.15. The minimum atomic E-state index is -0.344. The van der Waals surface area contributed by atoms with Crippen LogP contribution in [0.4, 0.5) is 0 Å². The second kappa shape index (κ2) is 2.72. The van der Waals surface area contributed by atoms with Gasteiger partial charge in [0.15, 0.2) is 0 Å². The maximum Gasteiger partial charge on any atom is 0.147 e. The van der Waals surface area contributed by atoms with Crippen LogP contribution in [0.25, 0.3) is 0 Å². The van der Waals surface area contributed by atoms with Crippen LogP contribution in [0, 0.1) is 5.41 Å². The highest BCUT2D eigenvalue weighted by atomic mass is 16.5. The van der Waals surface area contributed by atoms with E-state index >= 15 is 0 Å². The summed E-state index contributed by atoms with van der Waals surface area (Å²) in [7, 11) is 1.69. The van der Waals surface area contributed by atoms with Crippen molar-refractivity contribution in [3.8, 4) is 0 Å². The highest BCUT2D eigenvalue weighted by Gasteiger charge is 2.42. The molecule has 2 aliphatic carbocycles. The molecule has 0 aromatic heterocycles. The van der Waals surface area contributed by atoms with Gasteiger partial charge in [0, 0.05) is 12.8 Å². The third-order valence-corrected chi connectivity index (χ3v) is 3.15. The molecular weight excluding hydrogens is 164 g/mol. The van der Waals surface area contributed by atoms with Crippen LogP contribution in [0.15, 0.2) is 23.5 Å². The van der Waals surface area contributed by atoms with Gasteiger partial charge in [0.2, 0.25) is 0 Å². The van der Waals surface area contributed by atoms with E-state index in [-0.39, 0.29) is 5.41 Å². The molecule has 1 unspecified atom stereocenters. The number of allylic oxidation sites excluding steroid dienone is 3. The van der Waals surface area contributed by atoms with Crippen molar-refractivity contribution < 1.29 is 9.53 Å². The first-order valence-corrected chi connectivity index (χ1v) is 4.66. The summed E-state index contributed by atoms with van der Waals surface area (Å²) < 4.78 is 5.29. The summed E-state index contributed by atoms with van der Waals surface area (Å²) in [6, 6.07) is 0. The van der Waals surface area contributed by atoms with E-state index in [4.69, 9.17) is 4.74 Å². The fourth-order valence-corrected chi connectivity index (χ4v) is 2.28. The van der Waals surface area contributed by atoms with E-state index in [2.05, 4.69) is 0 Å². The maximum atomic E-state index is 11.7. The summed E-state index contributed by atoms with van der Waals surface area (Å²) in [6.45, 7) is 1.99. The SMILES string of the molecule is COC1=C2CCC(=O)C2(C)C=CC1. The lowest BCUT2D eigenvalue weighted by Gasteiger charge is -2.26. The smallest absolute Gasteiger partial charge is 0.147 e. The van der Waals surface area contributed by atoms with E-state index in [9.17, 15) is 4.79 Å². The molecular formula is C11H14O2. The van der Waals surface area contributed by atoms with Crippen molar-refractivity contribution in [2.24, 2.45) is 5.41 Å². The van der Waals surface area contributed by atoms with Gasteiger partial charge < -0.3 is 4.74 Å². The van der Waals surface area contributed by atoms with Crippen molar-refractivity contribution in [1.29, 1.82) is 0 Å². The molecule has 0 aromatic carbocycles. The zero-order valence-corrected chi connectivity index (χ0v) is 8.09. The molecule has 0 amide bonds. The fourth-order valence-electron chi connectivity index (χ4n) is 2.28. The molecule has 70 valence electrons. The Morgan fingerprint density at radius 1 is 1.46 bits per heavy atom. The Kier molecular flexibility index (Phi) is 1.79. The lowest BCUT2D eigenvalue weighted by atomic mass is 9.79. The number of rotatable bonds is 1. The molecule has 2 aliphatic rings. The summed E-state index contributed by atoms with van der Waals surface area (Å²) >= 11 is 0. The molecule has 0 saturated heterocycles. The summed E-state index contributed by atoms with van der Waals surface area (Å²) in [4.78, 5) is 11.7. The number of methoxy groups -OCH3 is 1. The third kappa shape index (κ3) is 1.05. The minimum absolute atomic E-state index is 0.327. The van der Waals surface area contributed by atoms with Gasteiger partial charge in [-0.05, 0) is 18.9 Å². The van der Waals surface area contributed by atoms with E-state index < -0.39 is 0 Å². The van der Waals surface area contributed by atoms with Crippen molar-refractivity contribution in [3.05, 3.63) is 23.5 Å². The van der Waals surface area contributed by atoms with Crippen LogP contribution in [-0.4, -0.2) is 12.9 Å². The van der Waals surface area contributed by atoms with Gasteiger partial charge in [-0.1, -0.05) is 12.2 Å². The Bertz CT molecular complexity index is 312. The predicted molar refractivity (Wildman–Crippen MR) is 50.1 cm³/mol. The van der Waals surface area contributed by atoms with Gasteiger partial charge >= 0.3 is 0 Å². The maximum absolute atomic E-state index is 11.7. The van der Waals surface area contributed by atoms with Gasteiger partial charge in [-0.2, -0.15) is 0 Å². The van der Waals surface area contributed by atoms with E-state index in [0.29, 0.717) is 12.2 Å². The molecule has 2 rings (SSSR count). The summed E-state index contributed by atoms with van der Waals surface area (Å²) in [5.41, 5.74) is 0.853. The lowest BCUT2D eigenvalue weighted by molar-refractivity contribution is -0.122. The second-order valence-electron chi connectivity index (χ2n) is 3.84. The molecule has 1 atom stereocenters. The predicted octanol–water partition coefficient (Wildman–Crippen LogP) is 2.22. The van der Waals surface area contributed by atoms with E-state index in [1.54, 1.807) is 7.11 Å². The van der Waals surface area contributed by atoms with E-state index in [1.807, 2.05) is 19.1 Å². The molecule has 0 spiro atoms. The largest absolute Gasteiger partial charge is 0.501 e. The van der Waals surface area contributed by atoms with Crippen LogP contribution in [0.3, 0.4) is 0 Å². The molecule has 13 heavy (non-hydrogen) atoms. The fraction of sp³-hybridized carbons (Fsp3) is 0.545. The number of fused-ring (bicyclic) bond motifs is 1. The minimum Gasteiger partial charge on any atom is -0.501 e. The molecule has 1 fully saturated rings. The molecule has 0 heterocycles. The van der Waals surface area contributed by atoms with Gasteiger partial charge in [0.1, 0.15) is 5.78 Å².